The Morgan fingerprint density at radius 2 is 2.00 bits per heavy atom. The Bertz CT molecular complexity index is 656. The van der Waals surface area contributed by atoms with Gasteiger partial charge in [-0.05, 0) is 45.0 Å². The van der Waals surface area contributed by atoms with Gasteiger partial charge in [-0.15, -0.1) is 0 Å². The number of nitrogens with zero attached hydrogens (tertiary/aromatic N) is 1. The molecule has 134 valence electrons. The molecule has 1 amide bonds. The van der Waals surface area contributed by atoms with E-state index in [1.165, 1.54) is 0 Å². The van der Waals surface area contributed by atoms with Crippen LogP contribution in [0.25, 0.3) is 0 Å². The van der Waals surface area contributed by atoms with Gasteiger partial charge < -0.3 is 10.1 Å². The molecule has 1 atom stereocenters. The number of nitrogens with one attached hydrogen (secondary N) is 1. The third-order valence-electron chi connectivity index (χ3n) is 4.01. The van der Waals surface area contributed by atoms with Crippen molar-refractivity contribution in [3.8, 4) is 5.75 Å². The van der Waals surface area contributed by atoms with E-state index in [4.69, 9.17) is 4.74 Å². The smallest absolute Gasteiger partial charge is 0.234 e. The lowest BCUT2D eigenvalue weighted by atomic mass is 10.2. The topological polar surface area (TPSA) is 75.7 Å². The van der Waals surface area contributed by atoms with Gasteiger partial charge in [0.2, 0.25) is 5.91 Å². The fraction of sp³-hybridized carbons (Fsp3) is 0.588. The molecular weight excluding hydrogens is 328 g/mol. The maximum Gasteiger partial charge on any atom is 0.234 e. The minimum atomic E-state index is -2.93. The van der Waals surface area contributed by atoms with E-state index in [-0.39, 0.29) is 36.1 Å². The van der Waals surface area contributed by atoms with Crippen molar-refractivity contribution in [2.75, 3.05) is 25.1 Å². The summed E-state index contributed by atoms with van der Waals surface area (Å²) in [5, 5.41) is 2.86. The summed E-state index contributed by atoms with van der Waals surface area (Å²) in [7, 11) is -1.13. The molecule has 24 heavy (non-hydrogen) atoms. The molecule has 7 heteroatoms. The summed E-state index contributed by atoms with van der Waals surface area (Å²) in [6, 6.07) is 7.55. The van der Waals surface area contributed by atoms with Crippen molar-refractivity contribution < 1.29 is 17.9 Å². The molecule has 0 aliphatic carbocycles. The maximum atomic E-state index is 12.0. The molecule has 1 heterocycles. The van der Waals surface area contributed by atoms with Gasteiger partial charge in [0.25, 0.3) is 0 Å². The fourth-order valence-corrected chi connectivity index (χ4v) is 4.50. The van der Waals surface area contributed by atoms with Crippen LogP contribution in [0, 0.1) is 0 Å². The number of carbonyl (C=O) groups is 1. The first-order chi connectivity index (χ1) is 11.2. The Labute approximate surface area is 144 Å². The van der Waals surface area contributed by atoms with Gasteiger partial charge in [0.05, 0.1) is 24.2 Å². The van der Waals surface area contributed by atoms with Crippen molar-refractivity contribution in [1.29, 1.82) is 0 Å². The van der Waals surface area contributed by atoms with Gasteiger partial charge in [-0.3, -0.25) is 9.69 Å². The fourth-order valence-electron chi connectivity index (χ4n) is 2.69. The summed E-state index contributed by atoms with van der Waals surface area (Å²) < 4.78 is 28.6. The molecule has 0 saturated carbocycles. The van der Waals surface area contributed by atoms with Crippen LogP contribution in [0.5, 0.6) is 5.75 Å². The molecule has 0 aromatic heterocycles. The highest BCUT2D eigenvalue weighted by Crippen LogP contribution is 2.16. The molecule has 1 aliphatic rings. The second-order valence-electron chi connectivity index (χ2n) is 6.56. The lowest BCUT2D eigenvalue weighted by Gasteiger charge is -2.22. The van der Waals surface area contributed by atoms with Crippen LogP contribution >= 0.6 is 0 Å². The largest absolute Gasteiger partial charge is 0.491 e. The SMILES string of the molecule is CC(C)Oc1ccc(CNC(=O)CN(C)C2CCS(=O)(=O)C2)cc1. The molecule has 1 aliphatic heterocycles. The number of carbonyl (C=O) groups excluding carboxylic acids is 1. The monoisotopic (exact) mass is 354 g/mol. The van der Waals surface area contributed by atoms with Gasteiger partial charge >= 0.3 is 0 Å². The lowest BCUT2D eigenvalue weighted by Crippen LogP contribution is -2.41. The number of sulfone groups is 1. The molecular formula is C17H26N2O4S. The zero-order valence-electron chi connectivity index (χ0n) is 14.5. The second kappa shape index (κ2) is 7.98. The first-order valence-electron chi connectivity index (χ1n) is 8.18. The van der Waals surface area contributed by atoms with Gasteiger partial charge in [0.15, 0.2) is 9.84 Å². The van der Waals surface area contributed by atoms with Crippen LogP contribution in [0.4, 0.5) is 0 Å². The number of ether oxygens (including phenoxy) is 1. The van der Waals surface area contributed by atoms with E-state index < -0.39 is 9.84 Å². The predicted octanol–water partition coefficient (Wildman–Crippen LogP) is 1.21. The third kappa shape index (κ3) is 5.79. The van der Waals surface area contributed by atoms with Gasteiger partial charge in [-0.25, -0.2) is 8.42 Å². The Balaban J connectivity index is 1.76. The minimum absolute atomic E-state index is 0.0618. The molecule has 1 fully saturated rings. The Morgan fingerprint density at radius 1 is 1.33 bits per heavy atom. The first-order valence-corrected chi connectivity index (χ1v) is 10.0. The molecule has 1 saturated heterocycles. The van der Waals surface area contributed by atoms with E-state index in [2.05, 4.69) is 5.32 Å². The summed E-state index contributed by atoms with van der Waals surface area (Å²) in [6.45, 7) is 4.59. The molecule has 0 bridgehead atoms. The minimum Gasteiger partial charge on any atom is -0.491 e. The van der Waals surface area contributed by atoms with E-state index in [1.54, 1.807) is 7.05 Å². The Morgan fingerprint density at radius 3 is 2.54 bits per heavy atom. The van der Waals surface area contributed by atoms with Crippen molar-refractivity contribution in [3.63, 3.8) is 0 Å². The highest BCUT2D eigenvalue weighted by Gasteiger charge is 2.31. The summed E-state index contributed by atoms with van der Waals surface area (Å²) in [4.78, 5) is 13.8. The predicted molar refractivity (Wildman–Crippen MR) is 93.7 cm³/mol. The van der Waals surface area contributed by atoms with Crippen LogP contribution in [0.15, 0.2) is 24.3 Å². The quantitative estimate of drug-likeness (QED) is 0.796. The van der Waals surface area contributed by atoms with Crippen molar-refractivity contribution in [2.24, 2.45) is 0 Å². The van der Waals surface area contributed by atoms with Gasteiger partial charge in [-0.1, -0.05) is 12.1 Å². The number of hydrogen-bond acceptors (Lipinski definition) is 5. The van der Waals surface area contributed by atoms with Crippen molar-refractivity contribution >= 4 is 15.7 Å². The van der Waals surface area contributed by atoms with Gasteiger partial charge in [0.1, 0.15) is 5.75 Å². The average Bonchev–Trinajstić information content (AvgIpc) is 2.86. The van der Waals surface area contributed by atoms with Crippen molar-refractivity contribution in [3.05, 3.63) is 29.8 Å². The molecule has 0 radical (unpaired) electrons. The number of benzene rings is 1. The zero-order valence-corrected chi connectivity index (χ0v) is 15.3. The highest BCUT2D eigenvalue weighted by molar-refractivity contribution is 7.91. The van der Waals surface area contributed by atoms with E-state index in [9.17, 15) is 13.2 Å². The lowest BCUT2D eigenvalue weighted by molar-refractivity contribution is -0.122. The normalized spacial score (nSPS) is 19.6. The van der Waals surface area contributed by atoms with Crippen LogP contribution in [-0.4, -0.2) is 56.5 Å². The van der Waals surface area contributed by atoms with E-state index in [0.29, 0.717) is 13.0 Å². The zero-order chi connectivity index (χ0) is 17.7. The van der Waals surface area contributed by atoms with E-state index in [0.717, 1.165) is 11.3 Å². The van der Waals surface area contributed by atoms with Crippen molar-refractivity contribution in [2.45, 2.75) is 39.0 Å². The van der Waals surface area contributed by atoms with Crippen LogP contribution in [0.2, 0.25) is 0 Å². The molecule has 1 N–H and O–H groups in total. The maximum absolute atomic E-state index is 12.0. The molecule has 1 aromatic rings. The number of hydrogen-bond donors (Lipinski definition) is 1. The molecule has 2 rings (SSSR count). The average molecular weight is 354 g/mol. The summed E-state index contributed by atoms with van der Waals surface area (Å²) in [5.41, 5.74) is 0.991. The summed E-state index contributed by atoms with van der Waals surface area (Å²) >= 11 is 0. The Hall–Kier alpha value is -1.60. The number of rotatable bonds is 7. The summed E-state index contributed by atoms with van der Waals surface area (Å²) in [6.07, 6.45) is 0.731. The third-order valence-corrected chi connectivity index (χ3v) is 5.76. The van der Waals surface area contributed by atoms with Crippen LogP contribution in [0.1, 0.15) is 25.8 Å². The van der Waals surface area contributed by atoms with Gasteiger partial charge in [-0.2, -0.15) is 0 Å². The molecule has 0 spiro atoms. The number of amides is 1. The van der Waals surface area contributed by atoms with E-state index >= 15 is 0 Å². The van der Waals surface area contributed by atoms with Crippen molar-refractivity contribution in [1.82, 2.24) is 10.2 Å². The highest BCUT2D eigenvalue weighted by atomic mass is 32.2. The first kappa shape index (κ1) is 18.7. The van der Waals surface area contributed by atoms with E-state index in [1.807, 2.05) is 43.0 Å². The van der Waals surface area contributed by atoms with Crippen LogP contribution < -0.4 is 10.1 Å². The number of likely N-dealkylation sites (N-methyl/N-ethyl adjacent to an activating group) is 1. The van der Waals surface area contributed by atoms with Crippen LogP contribution in [-0.2, 0) is 21.2 Å². The van der Waals surface area contributed by atoms with Gasteiger partial charge in [0, 0.05) is 12.6 Å². The molecule has 1 aromatic carbocycles. The Kier molecular flexibility index (Phi) is 6.23. The second-order valence-corrected chi connectivity index (χ2v) is 8.79. The summed E-state index contributed by atoms with van der Waals surface area (Å²) in [5.74, 6) is 1.06. The molecule has 6 nitrogen and oxygen atoms in total. The molecule has 1 unspecified atom stereocenters. The standard InChI is InChI=1S/C17H26N2O4S/c1-13(2)23-16-6-4-14(5-7-16)10-18-17(20)11-19(3)15-8-9-24(21,22)12-15/h4-7,13,15H,8-12H2,1-3H3,(H,18,20). The van der Waals surface area contributed by atoms with Crippen LogP contribution in [0.3, 0.4) is 0 Å².